The Morgan fingerprint density at radius 3 is 1.80 bits per heavy atom. The van der Waals surface area contributed by atoms with Gasteiger partial charge in [-0.1, -0.05) is 103 Å². The Bertz CT molecular complexity index is 1950. The van der Waals surface area contributed by atoms with Crippen LogP contribution in [0.4, 0.5) is 17.1 Å². The average Bonchev–Trinajstić information content (AvgIpc) is 3.59. The third-order valence-corrected chi connectivity index (χ3v) is 7.61. The largest absolute Gasteiger partial charge is 0.435 e. The molecule has 0 amide bonds. The summed E-state index contributed by atoms with van der Waals surface area (Å²) in [5, 5.41) is 2.43. The summed E-state index contributed by atoms with van der Waals surface area (Å²) >= 11 is 0. The van der Waals surface area contributed by atoms with Gasteiger partial charge < -0.3 is 9.32 Å². The smallest absolute Gasteiger partial charge is 0.227 e. The molecule has 7 aromatic rings. The van der Waals surface area contributed by atoms with E-state index in [0.717, 1.165) is 45.2 Å². The van der Waals surface area contributed by atoms with E-state index in [0.29, 0.717) is 5.89 Å². The number of hydrogen-bond acceptors (Lipinski definition) is 3. The molecule has 0 atom stereocenters. The van der Waals surface area contributed by atoms with E-state index in [1.165, 1.54) is 21.9 Å². The predicted molar refractivity (Wildman–Crippen MR) is 164 cm³/mol. The van der Waals surface area contributed by atoms with E-state index in [1.54, 1.807) is 0 Å². The highest BCUT2D eigenvalue weighted by Crippen LogP contribution is 2.48. The number of para-hydroxylation sites is 1. The molecule has 1 aliphatic carbocycles. The van der Waals surface area contributed by atoms with Gasteiger partial charge in [0.2, 0.25) is 5.89 Å². The Balaban J connectivity index is 1.24. The van der Waals surface area contributed by atoms with E-state index in [9.17, 15) is 0 Å². The summed E-state index contributed by atoms with van der Waals surface area (Å²) in [7, 11) is 0. The first-order valence-electron chi connectivity index (χ1n) is 13.5. The summed E-state index contributed by atoms with van der Waals surface area (Å²) in [6.45, 7) is 0. The number of aromatic nitrogens is 1. The van der Waals surface area contributed by atoms with Crippen molar-refractivity contribution >= 4 is 27.8 Å². The van der Waals surface area contributed by atoms with Crippen molar-refractivity contribution in [1.29, 1.82) is 0 Å². The van der Waals surface area contributed by atoms with Crippen LogP contribution < -0.4 is 4.90 Å². The predicted octanol–water partition coefficient (Wildman–Crippen LogP) is 10.3. The van der Waals surface area contributed by atoms with Gasteiger partial charge in [-0.25, -0.2) is 4.98 Å². The van der Waals surface area contributed by atoms with Crippen molar-refractivity contribution in [2.24, 2.45) is 0 Å². The maximum Gasteiger partial charge on any atom is 0.227 e. The van der Waals surface area contributed by atoms with Crippen LogP contribution in [0.3, 0.4) is 0 Å². The van der Waals surface area contributed by atoms with Gasteiger partial charge in [0.05, 0.1) is 0 Å². The van der Waals surface area contributed by atoms with Crippen molar-refractivity contribution in [2.75, 3.05) is 4.90 Å². The van der Waals surface area contributed by atoms with Crippen LogP contribution in [0, 0.1) is 0 Å². The maximum absolute atomic E-state index is 6.48. The van der Waals surface area contributed by atoms with E-state index < -0.39 is 0 Å². The highest BCUT2D eigenvalue weighted by Gasteiger charge is 2.28. The van der Waals surface area contributed by atoms with E-state index in [-0.39, 0.29) is 0 Å². The Labute approximate surface area is 232 Å². The first kappa shape index (κ1) is 22.6. The highest BCUT2D eigenvalue weighted by molar-refractivity contribution is 6.13. The first-order valence-corrected chi connectivity index (χ1v) is 13.5. The molecule has 1 heterocycles. The zero-order chi connectivity index (χ0) is 26.5. The van der Waals surface area contributed by atoms with Crippen molar-refractivity contribution in [3.05, 3.63) is 146 Å². The van der Waals surface area contributed by atoms with E-state index in [4.69, 9.17) is 9.40 Å². The van der Waals surface area contributed by atoms with Gasteiger partial charge in [-0.05, 0) is 59.0 Å². The molecule has 0 spiro atoms. The van der Waals surface area contributed by atoms with Crippen molar-refractivity contribution in [1.82, 2.24) is 4.98 Å². The van der Waals surface area contributed by atoms with E-state index in [2.05, 4.69) is 138 Å². The number of rotatable bonds is 5. The summed E-state index contributed by atoms with van der Waals surface area (Å²) in [5.74, 6) is 1.48. The number of hydrogen-bond donors (Lipinski definition) is 0. The second-order valence-corrected chi connectivity index (χ2v) is 10.0. The first-order chi connectivity index (χ1) is 19.8. The van der Waals surface area contributed by atoms with Crippen molar-refractivity contribution in [2.45, 2.75) is 0 Å². The van der Waals surface area contributed by atoms with Gasteiger partial charge in [-0.15, -0.1) is 0 Å². The minimum Gasteiger partial charge on any atom is -0.435 e. The normalized spacial score (nSPS) is 11.5. The van der Waals surface area contributed by atoms with E-state index >= 15 is 0 Å². The summed E-state index contributed by atoms with van der Waals surface area (Å²) in [5.41, 5.74) is 9.68. The molecule has 0 saturated carbocycles. The minimum absolute atomic E-state index is 0.629. The number of oxazole rings is 1. The van der Waals surface area contributed by atoms with Gasteiger partial charge in [0.15, 0.2) is 5.76 Å². The van der Waals surface area contributed by atoms with Crippen LogP contribution in [0.2, 0.25) is 0 Å². The molecule has 3 heteroatoms. The molecule has 0 bridgehead atoms. The third-order valence-electron chi connectivity index (χ3n) is 7.61. The van der Waals surface area contributed by atoms with Crippen LogP contribution in [0.5, 0.6) is 0 Å². The number of nitrogens with zero attached hydrogens (tertiary/aromatic N) is 2. The molecule has 0 radical (unpaired) electrons. The fraction of sp³-hybridized carbons (Fsp3) is 0. The zero-order valence-electron chi connectivity index (χ0n) is 21.7. The maximum atomic E-state index is 6.48. The Morgan fingerprint density at radius 2 is 1.05 bits per heavy atom. The van der Waals surface area contributed by atoms with Gasteiger partial charge in [0.1, 0.15) is 5.69 Å². The van der Waals surface area contributed by atoms with Crippen LogP contribution in [0.25, 0.3) is 55.9 Å². The molecule has 0 N–H and O–H groups in total. The van der Waals surface area contributed by atoms with Crippen LogP contribution in [-0.2, 0) is 0 Å². The lowest BCUT2D eigenvalue weighted by Crippen LogP contribution is -2.10. The fourth-order valence-electron chi connectivity index (χ4n) is 5.79. The van der Waals surface area contributed by atoms with Gasteiger partial charge in [-0.2, -0.15) is 0 Å². The van der Waals surface area contributed by atoms with Crippen LogP contribution >= 0.6 is 0 Å². The molecule has 0 aliphatic heterocycles. The molecule has 3 nitrogen and oxygen atoms in total. The highest BCUT2D eigenvalue weighted by atomic mass is 16.4. The van der Waals surface area contributed by atoms with E-state index in [1.807, 2.05) is 12.1 Å². The molecular formula is C37H24N2O. The standard InChI is InChI=1S/C37H24N2O/c1-3-11-25(12-4-1)27-15-7-19-30(23-27)39(29-17-5-2-6-18-29)31-20-8-16-28(24-31)37-38-35-32-21-9-13-26-14-10-22-33(34(26)32)36(35)40-37/h1-24H. The Kier molecular flexibility index (Phi) is 5.14. The second kappa shape index (κ2) is 9.11. The monoisotopic (exact) mass is 512 g/mol. The zero-order valence-corrected chi connectivity index (χ0v) is 21.7. The molecule has 0 unspecified atom stereocenters. The molecule has 1 aromatic heterocycles. The number of benzene rings is 6. The molecule has 6 aromatic carbocycles. The molecule has 0 fully saturated rings. The third kappa shape index (κ3) is 3.63. The second-order valence-electron chi connectivity index (χ2n) is 10.0. The topological polar surface area (TPSA) is 29.3 Å². The molecule has 8 rings (SSSR count). The lowest BCUT2D eigenvalue weighted by molar-refractivity contribution is 0.590. The molecule has 188 valence electrons. The lowest BCUT2D eigenvalue weighted by atomic mass is 10.0. The number of anilines is 3. The van der Waals surface area contributed by atoms with Gasteiger partial charge >= 0.3 is 0 Å². The van der Waals surface area contributed by atoms with Crippen LogP contribution in [0.15, 0.2) is 150 Å². The van der Waals surface area contributed by atoms with Gasteiger partial charge in [-0.3, -0.25) is 0 Å². The molecule has 40 heavy (non-hydrogen) atoms. The molecule has 0 saturated heterocycles. The van der Waals surface area contributed by atoms with Crippen LogP contribution in [0.1, 0.15) is 0 Å². The molecule has 1 aliphatic rings. The van der Waals surface area contributed by atoms with Crippen molar-refractivity contribution < 1.29 is 4.42 Å². The summed E-state index contributed by atoms with van der Waals surface area (Å²) in [4.78, 5) is 7.30. The average molecular weight is 513 g/mol. The van der Waals surface area contributed by atoms with Crippen molar-refractivity contribution in [3.8, 4) is 45.2 Å². The quantitative estimate of drug-likeness (QED) is 0.230. The lowest BCUT2D eigenvalue weighted by Gasteiger charge is -2.26. The van der Waals surface area contributed by atoms with Crippen LogP contribution in [-0.4, -0.2) is 4.98 Å². The Hall–Kier alpha value is -5.41. The van der Waals surface area contributed by atoms with Gasteiger partial charge in [0, 0.05) is 39.1 Å². The fourth-order valence-corrected chi connectivity index (χ4v) is 5.79. The number of fused-ring (bicyclic) bond motifs is 3. The van der Waals surface area contributed by atoms with Gasteiger partial charge in [0.25, 0.3) is 0 Å². The summed E-state index contributed by atoms with van der Waals surface area (Å²) < 4.78 is 6.48. The van der Waals surface area contributed by atoms with Crippen molar-refractivity contribution in [3.63, 3.8) is 0 Å². The summed E-state index contributed by atoms with van der Waals surface area (Å²) in [6.07, 6.45) is 0. The SMILES string of the molecule is c1ccc(-c2cccc(N(c3ccccc3)c3cccc(-c4nc5c(o4)-c4cccc6cccc-5c46)c3)c2)cc1. The summed E-state index contributed by atoms with van der Waals surface area (Å²) in [6, 6.07) is 50.8. The molecular weight excluding hydrogens is 488 g/mol. The minimum atomic E-state index is 0.629. The Morgan fingerprint density at radius 1 is 0.475 bits per heavy atom.